The Bertz CT molecular complexity index is 373. The van der Waals surface area contributed by atoms with Crippen molar-refractivity contribution in [3.05, 3.63) is 11.9 Å². The van der Waals surface area contributed by atoms with Gasteiger partial charge in [-0.3, -0.25) is 4.99 Å². The van der Waals surface area contributed by atoms with Crippen LogP contribution in [0.1, 0.15) is 11.7 Å². The van der Waals surface area contributed by atoms with Crippen molar-refractivity contribution in [2.45, 2.75) is 12.6 Å². The maximum absolute atomic E-state index is 8.75. The van der Waals surface area contributed by atoms with Gasteiger partial charge in [0.15, 0.2) is 5.96 Å². The third-order valence-electron chi connectivity index (χ3n) is 2.48. The number of aliphatic imine (C=N–C) groups is 1. The van der Waals surface area contributed by atoms with E-state index in [0.29, 0.717) is 19.0 Å². The molecule has 0 spiro atoms. The van der Waals surface area contributed by atoms with Gasteiger partial charge in [-0.1, -0.05) is 5.21 Å². The summed E-state index contributed by atoms with van der Waals surface area (Å²) in [4.78, 5) is 5.99. The standard InChI is InChI=1S/C8H14N6O/c1-13-7(4-10-8(13)9)6-5-14(2-3-15)12-11-6/h5,7,15H,2-4H2,1H3,(H2,9,10). The van der Waals surface area contributed by atoms with Crippen molar-refractivity contribution in [1.82, 2.24) is 19.9 Å². The second-order valence-electron chi connectivity index (χ2n) is 3.46. The highest BCUT2D eigenvalue weighted by Crippen LogP contribution is 2.21. The Labute approximate surface area is 87.2 Å². The zero-order chi connectivity index (χ0) is 10.8. The van der Waals surface area contributed by atoms with Crippen LogP contribution in [0.5, 0.6) is 0 Å². The summed E-state index contributed by atoms with van der Waals surface area (Å²) in [6, 6.07) is 0.0671. The third kappa shape index (κ3) is 1.78. The lowest BCUT2D eigenvalue weighted by Gasteiger charge is -2.18. The average Bonchev–Trinajstić information content (AvgIpc) is 2.77. The molecule has 3 N–H and O–H groups in total. The molecule has 0 bridgehead atoms. The number of aliphatic hydroxyl groups excluding tert-OH is 1. The number of hydrogen-bond acceptors (Lipinski definition) is 6. The summed E-state index contributed by atoms with van der Waals surface area (Å²) in [6.07, 6.45) is 1.81. The normalized spacial score (nSPS) is 20.8. The summed E-state index contributed by atoms with van der Waals surface area (Å²) >= 11 is 0. The second kappa shape index (κ2) is 3.85. The minimum atomic E-state index is 0.0575. The quantitative estimate of drug-likeness (QED) is 0.638. The van der Waals surface area contributed by atoms with E-state index in [1.165, 1.54) is 0 Å². The van der Waals surface area contributed by atoms with Crippen molar-refractivity contribution in [2.24, 2.45) is 10.7 Å². The van der Waals surface area contributed by atoms with E-state index in [1.54, 1.807) is 4.68 Å². The molecule has 15 heavy (non-hydrogen) atoms. The number of aliphatic hydroxyl groups is 1. The van der Waals surface area contributed by atoms with E-state index in [-0.39, 0.29) is 12.6 Å². The van der Waals surface area contributed by atoms with E-state index in [2.05, 4.69) is 15.3 Å². The molecule has 0 radical (unpaired) electrons. The van der Waals surface area contributed by atoms with Crippen molar-refractivity contribution in [3.63, 3.8) is 0 Å². The van der Waals surface area contributed by atoms with Gasteiger partial charge in [0.25, 0.3) is 0 Å². The molecule has 7 nitrogen and oxygen atoms in total. The summed E-state index contributed by atoms with van der Waals surface area (Å²) in [5.74, 6) is 0.525. The first kappa shape index (κ1) is 9.91. The lowest BCUT2D eigenvalue weighted by Crippen LogP contribution is -2.32. The Morgan fingerprint density at radius 1 is 1.67 bits per heavy atom. The number of aromatic nitrogens is 3. The Hall–Kier alpha value is -1.63. The zero-order valence-electron chi connectivity index (χ0n) is 8.54. The molecule has 1 atom stereocenters. The molecule has 2 rings (SSSR count). The lowest BCUT2D eigenvalue weighted by atomic mass is 10.2. The number of hydrogen-bond donors (Lipinski definition) is 2. The Kier molecular flexibility index (Phi) is 2.55. The van der Waals surface area contributed by atoms with Gasteiger partial charge in [-0.25, -0.2) is 4.68 Å². The largest absolute Gasteiger partial charge is 0.394 e. The molecule has 1 aliphatic heterocycles. The number of nitrogens with zero attached hydrogens (tertiary/aromatic N) is 5. The minimum Gasteiger partial charge on any atom is -0.394 e. The topological polar surface area (TPSA) is 92.6 Å². The lowest BCUT2D eigenvalue weighted by molar-refractivity contribution is 0.268. The van der Waals surface area contributed by atoms with Crippen LogP contribution in [-0.4, -0.2) is 51.2 Å². The fourth-order valence-electron chi connectivity index (χ4n) is 1.54. The fourth-order valence-corrected chi connectivity index (χ4v) is 1.54. The number of guanidine groups is 1. The van der Waals surface area contributed by atoms with Gasteiger partial charge in [0.2, 0.25) is 0 Å². The van der Waals surface area contributed by atoms with E-state index in [4.69, 9.17) is 10.8 Å². The molecule has 0 saturated heterocycles. The molecule has 0 saturated carbocycles. The molecule has 82 valence electrons. The van der Waals surface area contributed by atoms with Gasteiger partial charge in [-0.05, 0) is 0 Å². The average molecular weight is 210 g/mol. The van der Waals surface area contributed by atoms with Gasteiger partial charge >= 0.3 is 0 Å². The van der Waals surface area contributed by atoms with Gasteiger partial charge < -0.3 is 15.7 Å². The summed E-state index contributed by atoms with van der Waals surface area (Å²) < 4.78 is 1.61. The minimum absolute atomic E-state index is 0.0575. The monoisotopic (exact) mass is 210 g/mol. The van der Waals surface area contributed by atoms with E-state index < -0.39 is 0 Å². The third-order valence-corrected chi connectivity index (χ3v) is 2.48. The van der Waals surface area contributed by atoms with Crippen LogP contribution in [0.25, 0.3) is 0 Å². The van der Waals surface area contributed by atoms with Crippen LogP contribution in [0.3, 0.4) is 0 Å². The van der Waals surface area contributed by atoms with Crippen molar-refractivity contribution < 1.29 is 5.11 Å². The van der Waals surface area contributed by atoms with Gasteiger partial charge in [0, 0.05) is 7.05 Å². The van der Waals surface area contributed by atoms with Crippen LogP contribution in [0, 0.1) is 0 Å². The van der Waals surface area contributed by atoms with Crippen LogP contribution < -0.4 is 5.73 Å². The van der Waals surface area contributed by atoms with E-state index in [0.717, 1.165) is 5.69 Å². The molecule has 0 aliphatic carbocycles. The molecular weight excluding hydrogens is 196 g/mol. The van der Waals surface area contributed by atoms with E-state index in [1.807, 2.05) is 18.1 Å². The highest BCUT2D eigenvalue weighted by atomic mass is 16.3. The summed E-state index contributed by atoms with van der Waals surface area (Å²) in [5.41, 5.74) is 6.48. The second-order valence-corrected chi connectivity index (χ2v) is 3.46. The molecule has 0 amide bonds. The van der Waals surface area contributed by atoms with Crippen molar-refractivity contribution in [3.8, 4) is 0 Å². The van der Waals surface area contributed by atoms with Crippen LogP contribution in [-0.2, 0) is 6.54 Å². The van der Waals surface area contributed by atoms with E-state index in [9.17, 15) is 0 Å². The van der Waals surface area contributed by atoms with Crippen molar-refractivity contribution in [2.75, 3.05) is 20.2 Å². The Morgan fingerprint density at radius 3 is 3.07 bits per heavy atom. The SMILES string of the molecule is CN1C(N)=NCC1c1cn(CCO)nn1. The molecule has 0 fully saturated rings. The first-order valence-corrected chi connectivity index (χ1v) is 4.76. The molecule has 2 heterocycles. The highest BCUT2D eigenvalue weighted by Gasteiger charge is 2.26. The maximum Gasteiger partial charge on any atom is 0.191 e. The summed E-state index contributed by atoms with van der Waals surface area (Å²) in [5, 5.41) is 16.7. The van der Waals surface area contributed by atoms with Crippen LogP contribution in [0.2, 0.25) is 0 Å². The summed E-state index contributed by atoms with van der Waals surface area (Å²) in [6.45, 7) is 1.13. The smallest absolute Gasteiger partial charge is 0.191 e. The van der Waals surface area contributed by atoms with E-state index >= 15 is 0 Å². The molecular formula is C8H14N6O. The van der Waals surface area contributed by atoms with Crippen molar-refractivity contribution >= 4 is 5.96 Å². The molecule has 1 unspecified atom stereocenters. The maximum atomic E-state index is 8.75. The number of likely N-dealkylation sites (N-methyl/N-ethyl adjacent to an activating group) is 1. The van der Waals surface area contributed by atoms with Gasteiger partial charge in [0.1, 0.15) is 5.69 Å². The predicted molar refractivity (Wildman–Crippen MR) is 54.1 cm³/mol. The predicted octanol–water partition coefficient (Wildman–Crippen LogP) is -1.43. The summed E-state index contributed by atoms with van der Waals surface area (Å²) in [7, 11) is 1.88. The number of rotatable bonds is 3. The first-order valence-electron chi connectivity index (χ1n) is 4.76. The molecule has 1 aromatic heterocycles. The molecule has 7 heteroatoms. The Balaban J connectivity index is 2.10. The van der Waals surface area contributed by atoms with Crippen LogP contribution >= 0.6 is 0 Å². The van der Waals surface area contributed by atoms with Crippen molar-refractivity contribution in [1.29, 1.82) is 0 Å². The number of nitrogens with two attached hydrogens (primary N) is 1. The highest BCUT2D eigenvalue weighted by molar-refractivity contribution is 5.79. The molecule has 1 aromatic rings. The molecule has 1 aliphatic rings. The van der Waals surface area contributed by atoms with Crippen LogP contribution in [0.4, 0.5) is 0 Å². The zero-order valence-corrected chi connectivity index (χ0v) is 8.54. The van der Waals surface area contributed by atoms with Gasteiger partial charge in [-0.2, -0.15) is 0 Å². The Morgan fingerprint density at radius 2 is 2.47 bits per heavy atom. The van der Waals surface area contributed by atoms with Gasteiger partial charge in [-0.15, -0.1) is 5.10 Å². The van der Waals surface area contributed by atoms with Crippen LogP contribution in [0.15, 0.2) is 11.2 Å². The van der Waals surface area contributed by atoms with Gasteiger partial charge in [0.05, 0.1) is 31.9 Å². The fraction of sp³-hybridized carbons (Fsp3) is 0.625. The molecule has 0 aromatic carbocycles. The first-order chi connectivity index (χ1) is 7.22.